The Kier molecular flexibility index (Phi) is 7.79. The molecule has 2 aromatic carbocycles. The summed E-state index contributed by atoms with van der Waals surface area (Å²) < 4.78 is 0. The van der Waals surface area contributed by atoms with Crippen molar-refractivity contribution >= 4 is 23.0 Å². The van der Waals surface area contributed by atoms with Crippen LogP contribution in [-0.2, 0) is 11.2 Å². The molecule has 0 radical (unpaired) electrons. The molecule has 0 aliphatic carbocycles. The Morgan fingerprint density at radius 1 is 0.828 bits per heavy atom. The third-order valence-electron chi connectivity index (χ3n) is 5.47. The number of azo groups is 1. The molecule has 5 nitrogen and oxygen atoms in total. The normalized spacial score (nSPS) is 14.6. The number of hydrogen-bond acceptors (Lipinski definition) is 4. The van der Waals surface area contributed by atoms with Gasteiger partial charge in [0, 0.05) is 38.3 Å². The predicted octanol–water partition coefficient (Wildman–Crippen LogP) is 5.89. The SMILES string of the molecule is CCCCCC(=O)N1CCN(c2ccc(N=Nc3ccc(CC)cc3)cc2)CC1. The lowest BCUT2D eigenvalue weighted by molar-refractivity contribution is -0.131. The first kappa shape index (κ1) is 21.0. The number of amides is 1. The third-order valence-corrected chi connectivity index (χ3v) is 5.47. The summed E-state index contributed by atoms with van der Waals surface area (Å²) in [6.07, 6.45) is 5.02. The Labute approximate surface area is 174 Å². The van der Waals surface area contributed by atoms with Gasteiger partial charge in [-0.3, -0.25) is 4.79 Å². The standard InChI is InChI=1S/C24H32N4O/c1-3-5-6-7-24(29)28-18-16-27(17-19-28)23-14-12-22(13-15-23)26-25-21-10-8-20(4-2)9-11-21/h8-15H,3-7,16-19H2,1-2H3. The second-order valence-corrected chi connectivity index (χ2v) is 7.56. The van der Waals surface area contributed by atoms with Crippen LogP contribution in [0.1, 0.15) is 45.1 Å². The zero-order valence-electron chi connectivity index (χ0n) is 17.7. The lowest BCUT2D eigenvalue weighted by atomic mass is 10.1. The Morgan fingerprint density at radius 3 is 1.97 bits per heavy atom. The molecule has 0 N–H and O–H groups in total. The monoisotopic (exact) mass is 392 g/mol. The van der Waals surface area contributed by atoms with E-state index >= 15 is 0 Å². The van der Waals surface area contributed by atoms with E-state index in [1.165, 1.54) is 11.3 Å². The lowest BCUT2D eigenvalue weighted by Crippen LogP contribution is -2.48. The summed E-state index contributed by atoms with van der Waals surface area (Å²) in [6, 6.07) is 16.4. The van der Waals surface area contributed by atoms with Crippen LogP contribution in [0.25, 0.3) is 0 Å². The summed E-state index contributed by atoms with van der Waals surface area (Å²) >= 11 is 0. The fourth-order valence-corrected chi connectivity index (χ4v) is 3.54. The molecule has 3 rings (SSSR count). The van der Waals surface area contributed by atoms with E-state index in [-0.39, 0.29) is 0 Å². The van der Waals surface area contributed by atoms with Crippen molar-refractivity contribution in [2.45, 2.75) is 46.0 Å². The minimum Gasteiger partial charge on any atom is -0.368 e. The van der Waals surface area contributed by atoms with Gasteiger partial charge in [0.05, 0.1) is 11.4 Å². The molecule has 2 aromatic rings. The van der Waals surface area contributed by atoms with Gasteiger partial charge in [0.2, 0.25) is 5.91 Å². The van der Waals surface area contributed by atoms with E-state index in [1.807, 2.05) is 29.2 Å². The summed E-state index contributed by atoms with van der Waals surface area (Å²) in [4.78, 5) is 16.6. The molecular weight excluding hydrogens is 360 g/mol. The molecule has 5 heteroatoms. The molecule has 1 fully saturated rings. The van der Waals surface area contributed by atoms with Crippen LogP contribution >= 0.6 is 0 Å². The molecule has 29 heavy (non-hydrogen) atoms. The first-order chi connectivity index (χ1) is 14.2. The highest BCUT2D eigenvalue weighted by Gasteiger charge is 2.20. The minimum absolute atomic E-state index is 0.306. The molecule has 0 unspecified atom stereocenters. The van der Waals surface area contributed by atoms with Crippen molar-refractivity contribution in [2.24, 2.45) is 10.2 Å². The average Bonchev–Trinajstić information content (AvgIpc) is 2.78. The molecule has 154 valence electrons. The van der Waals surface area contributed by atoms with Crippen LogP contribution in [0.2, 0.25) is 0 Å². The molecule has 1 aliphatic rings. The summed E-state index contributed by atoms with van der Waals surface area (Å²) in [5.74, 6) is 0.306. The van der Waals surface area contributed by atoms with Crippen molar-refractivity contribution in [1.82, 2.24) is 4.90 Å². The van der Waals surface area contributed by atoms with Crippen LogP contribution in [0.15, 0.2) is 58.8 Å². The highest BCUT2D eigenvalue weighted by Crippen LogP contribution is 2.23. The van der Waals surface area contributed by atoms with Crippen molar-refractivity contribution < 1.29 is 4.79 Å². The van der Waals surface area contributed by atoms with Crippen LogP contribution in [0.3, 0.4) is 0 Å². The van der Waals surface area contributed by atoms with Crippen molar-refractivity contribution in [3.63, 3.8) is 0 Å². The second kappa shape index (κ2) is 10.7. The molecule has 1 aliphatic heterocycles. The second-order valence-electron chi connectivity index (χ2n) is 7.56. The summed E-state index contributed by atoms with van der Waals surface area (Å²) in [6.45, 7) is 7.68. The van der Waals surface area contributed by atoms with E-state index in [2.05, 4.69) is 53.2 Å². The molecule has 1 heterocycles. The maximum Gasteiger partial charge on any atom is 0.222 e. The number of hydrogen-bond donors (Lipinski definition) is 0. The highest BCUT2D eigenvalue weighted by molar-refractivity contribution is 5.76. The quantitative estimate of drug-likeness (QED) is 0.415. The summed E-state index contributed by atoms with van der Waals surface area (Å²) in [7, 11) is 0. The largest absolute Gasteiger partial charge is 0.368 e. The molecule has 0 aromatic heterocycles. The van der Waals surface area contributed by atoms with Crippen molar-refractivity contribution in [3.8, 4) is 0 Å². The van der Waals surface area contributed by atoms with E-state index in [0.29, 0.717) is 12.3 Å². The summed E-state index contributed by atoms with van der Waals surface area (Å²) in [5.41, 5.74) is 4.19. The number of anilines is 1. The van der Waals surface area contributed by atoms with Gasteiger partial charge in [0.25, 0.3) is 0 Å². The molecule has 1 saturated heterocycles. The number of rotatable bonds is 8. The minimum atomic E-state index is 0.306. The van der Waals surface area contributed by atoms with Crippen molar-refractivity contribution in [3.05, 3.63) is 54.1 Å². The molecule has 0 spiro atoms. The van der Waals surface area contributed by atoms with Crippen LogP contribution < -0.4 is 4.90 Å². The van der Waals surface area contributed by atoms with Crippen molar-refractivity contribution in [1.29, 1.82) is 0 Å². The topological polar surface area (TPSA) is 48.3 Å². The first-order valence-corrected chi connectivity index (χ1v) is 10.8. The maximum atomic E-state index is 12.3. The van der Waals surface area contributed by atoms with Gasteiger partial charge < -0.3 is 9.80 Å². The Bertz CT molecular complexity index is 791. The molecule has 1 amide bonds. The van der Waals surface area contributed by atoms with E-state index in [9.17, 15) is 4.79 Å². The van der Waals surface area contributed by atoms with Crippen LogP contribution in [0.4, 0.5) is 17.1 Å². The van der Waals surface area contributed by atoms with Crippen LogP contribution in [0, 0.1) is 0 Å². The number of unbranched alkanes of at least 4 members (excludes halogenated alkanes) is 2. The van der Waals surface area contributed by atoms with Gasteiger partial charge in [-0.25, -0.2) is 0 Å². The van der Waals surface area contributed by atoms with E-state index < -0.39 is 0 Å². The zero-order chi connectivity index (χ0) is 20.5. The first-order valence-electron chi connectivity index (χ1n) is 10.8. The van der Waals surface area contributed by atoms with E-state index in [1.54, 1.807) is 0 Å². The van der Waals surface area contributed by atoms with Gasteiger partial charge >= 0.3 is 0 Å². The van der Waals surface area contributed by atoms with Gasteiger partial charge in [0.15, 0.2) is 0 Å². The van der Waals surface area contributed by atoms with Crippen molar-refractivity contribution in [2.75, 3.05) is 31.1 Å². The van der Waals surface area contributed by atoms with Gasteiger partial charge in [0.1, 0.15) is 0 Å². The Morgan fingerprint density at radius 2 is 1.41 bits per heavy atom. The lowest BCUT2D eigenvalue weighted by Gasteiger charge is -2.36. The molecule has 0 bridgehead atoms. The van der Waals surface area contributed by atoms with E-state index in [4.69, 9.17) is 0 Å². The number of carbonyl (C=O) groups is 1. The van der Waals surface area contributed by atoms with Gasteiger partial charge in [-0.1, -0.05) is 38.8 Å². The summed E-state index contributed by atoms with van der Waals surface area (Å²) in [5, 5.41) is 8.66. The van der Waals surface area contributed by atoms with Crippen LogP contribution in [-0.4, -0.2) is 37.0 Å². The Hall–Kier alpha value is -2.69. The highest BCUT2D eigenvalue weighted by atomic mass is 16.2. The molecule has 0 saturated carbocycles. The smallest absolute Gasteiger partial charge is 0.222 e. The third kappa shape index (κ3) is 6.14. The fraction of sp³-hybridized carbons (Fsp3) is 0.458. The molecular formula is C24H32N4O. The number of aryl methyl sites for hydroxylation is 1. The molecule has 0 atom stereocenters. The van der Waals surface area contributed by atoms with Gasteiger partial charge in [-0.2, -0.15) is 10.2 Å². The zero-order valence-corrected chi connectivity index (χ0v) is 17.7. The average molecular weight is 393 g/mol. The number of piperazine rings is 1. The number of nitrogens with zero attached hydrogens (tertiary/aromatic N) is 4. The van der Waals surface area contributed by atoms with E-state index in [0.717, 1.165) is 63.2 Å². The van der Waals surface area contributed by atoms with Gasteiger partial charge in [-0.15, -0.1) is 0 Å². The number of benzene rings is 2. The van der Waals surface area contributed by atoms with Crippen LogP contribution in [0.5, 0.6) is 0 Å². The Balaban J connectivity index is 1.50. The maximum absolute atomic E-state index is 12.3. The number of carbonyl (C=O) groups excluding carboxylic acids is 1. The van der Waals surface area contributed by atoms with Gasteiger partial charge in [-0.05, 0) is 54.8 Å². The fourth-order valence-electron chi connectivity index (χ4n) is 3.54. The predicted molar refractivity (Wildman–Crippen MR) is 119 cm³/mol.